The van der Waals surface area contributed by atoms with Gasteiger partial charge in [-0.05, 0) is 17.0 Å². The van der Waals surface area contributed by atoms with E-state index in [0.29, 0.717) is 18.0 Å². The molecule has 70 valence electrons. The second kappa shape index (κ2) is 4.79. The van der Waals surface area contributed by atoms with Gasteiger partial charge in [-0.3, -0.25) is 0 Å². The van der Waals surface area contributed by atoms with E-state index in [2.05, 4.69) is 11.9 Å². The van der Waals surface area contributed by atoms with Crippen molar-refractivity contribution in [2.75, 3.05) is 6.54 Å². The normalized spacial score (nSPS) is 9.85. The van der Waals surface area contributed by atoms with Crippen molar-refractivity contribution in [2.24, 2.45) is 0 Å². The fraction of sp³-hybridized carbons (Fsp3) is 0.222. The van der Waals surface area contributed by atoms with E-state index in [1.807, 2.05) is 6.07 Å². The van der Waals surface area contributed by atoms with E-state index in [9.17, 15) is 4.79 Å². The van der Waals surface area contributed by atoms with E-state index in [1.165, 1.54) is 11.3 Å². The molecule has 0 spiro atoms. The summed E-state index contributed by atoms with van der Waals surface area (Å²) in [5.41, 5.74) is 0.833. The lowest BCUT2D eigenvalue weighted by Crippen LogP contribution is -2.13. The molecule has 4 heteroatoms. The van der Waals surface area contributed by atoms with Gasteiger partial charge in [0.2, 0.25) is 0 Å². The Morgan fingerprint density at radius 1 is 1.77 bits per heavy atom. The van der Waals surface area contributed by atoms with Crippen LogP contribution in [-0.2, 0) is 6.54 Å². The number of carboxylic acid groups (broad SMARTS) is 1. The van der Waals surface area contributed by atoms with E-state index in [-0.39, 0.29) is 0 Å². The summed E-state index contributed by atoms with van der Waals surface area (Å²) >= 11 is 1.25. The fourth-order valence-corrected chi connectivity index (χ4v) is 1.73. The summed E-state index contributed by atoms with van der Waals surface area (Å²) in [6.07, 6.45) is 1.74. The van der Waals surface area contributed by atoms with Gasteiger partial charge in [-0.1, -0.05) is 6.08 Å². The molecule has 0 unspecified atom stereocenters. The number of nitrogens with one attached hydrogen (secondary N) is 1. The second-order valence-electron chi connectivity index (χ2n) is 2.50. The average molecular weight is 197 g/mol. The van der Waals surface area contributed by atoms with Crippen LogP contribution >= 0.6 is 11.3 Å². The maximum Gasteiger partial charge on any atom is 0.346 e. The van der Waals surface area contributed by atoms with Crippen LogP contribution in [0.5, 0.6) is 0 Å². The zero-order valence-corrected chi connectivity index (χ0v) is 7.93. The SMILES string of the molecule is C=CCNCc1ccsc1C(=O)O. The molecule has 0 radical (unpaired) electrons. The molecule has 3 nitrogen and oxygen atoms in total. The fourth-order valence-electron chi connectivity index (χ4n) is 0.971. The number of thiophene rings is 1. The van der Waals surface area contributed by atoms with Gasteiger partial charge in [0.25, 0.3) is 0 Å². The Kier molecular flexibility index (Phi) is 3.67. The molecular formula is C9H11NO2S. The molecule has 0 aliphatic carbocycles. The molecular weight excluding hydrogens is 186 g/mol. The predicted octanol–water partition coefficient (Wildman–Crippen LogP) is 1.72. The van der Waals surface area contributed by atoms with Gasteiger partial charge >= 0.3 is 5.97 Å². The molecule has 0 atom stereocenters. The van der Waals surface area contributed by atoms with Crippen molar-refractivity contribution in [3.05, 3.63) is 34.5 Å². The maximum atomic E-state index is 10.7. The summed E-state index contributed by atoms with van der Waals surface area (Å²) in [6.45, 7) is 4.83. The van der Waals surface area contributed by atoms with E-state index in [1.54, 1.807) is 11.5 Å². The lowest BCUT2D eigenvalue weighted by Gasteiger charge is -2.00. The third-order valence-corrected chi connectivity index (χ3v) is 2.49. The van der Waals surface area contributed by atoms with Crippen LogP contribution in [0.25, 0.3) is 0 Å². The van der Waals surface area contributed by atoms with Crippen molar-refractivity contribution in [1.29, 1.82) is 0 Å². The van der Waals surface area contributed by atoms with E-state index >= 15 is 0 Å². The van der Waals surface area contributed by atoms with Gasteiger partial charge in [-0.25, -0.2) is 4.79 Å². The minimum absolute atomic E-state index is 0.413. The number of rotatable bonds is 5. The smallest absolute Gasteiger partial charge is 0.346 e. The zero-order valence-electron chi connectivity index (χ0n) is 7.12. The van der Waals surface area contributed by atoms with Crippen molar-refractivity contribution in [1.82, 2.24) is 5.32 Å². The Labute approximate surface area is 80.7 Å². The molecule has 1 aromatic heterocycles. The third-order valence-electron chi connectivity index (χ3n) is 1.55. The highest BCUT2D eigenvalue weighted by Gasteiger charge is 2.10. The molecule has 0 saturated heterocycles. The van der Waals surface area contributed by atoms with E-state index in [4.69, 9.17) is 5.11 Å². The first-order valence-electron chi connectivity index (χ1n) is 3.87. The molecule has 0 amide bonds. The highest BCUT2D eigenvalue weighted by atomic mass is 32.1. The summed E-state index contributed by atoms with van der Waals surface area (Å²) in [6, 6.07) is 1.82. The Bertz CT molecular complexity index is 306. The average Bonchev–Trinajstić information content (AvgIpc) is 2.53. The molecule has 1 heterocycles. The van der Waals surface area contributed by atoms with Crippen LogP contribution in [0.15, 0.2) is 24.1 Å². The second-order valence-corrected chi connectivity index (χ2v) is 3.42. The standard InChI is InChI=1S/C9H11NO2S/c1-2-4-10-6-7-3-5-13-8(7)9(11)12/h2-3,5,10H,1,4,6H2,(H,11,12). The van der Waals surface area contributed by atoms with Crippen molar-refractivity contribution < 1.29 is 9.90 Å². The molecule has 13 heavy (non-hydrogen) atoms. The Morgan fingerprint density at radius 2 is 2.54 bits per heavy atom. The minimum Gasteiger partial charge on any atom is -0.477 e. The zero-order chi connectivity index (χ0) is 9.68. The lowest BCUT2D eigenvalue weighted by molar-refractivity contribution is 0.0701. The number of carboxylic acids is 1. The number of hydrogen-bond donors (Lipinski definition) is 2. The largest absolute Gasteiger partial charge is 0.477 e. The van der Waals surface area contributed by atoms with Crippen molar-refractivity contribution >= 4 is 17.3 Å². The highest BCUT2D eigenvalue weighted by Crippen LogP contribution is 2.16. The van der Waals surface area contributed by atoms with Crippen LogP contribution in [0.3, 0.4) is 0 Å². The van der Waals surface area contributed by atoms with Crippen LogP contribution in [0.4, 0.5) is 0 Å². The number of hydrogen-bond acceptors (Lipinski definition) is 3. The van der Waals surface area contributed by atoms with Gasteiger partial charge in [-0.15, -0.1) is 17.9 Å². The maximum absolute atomic E-state index is 10.7. The molecule has 0 aromatic carbocycles. The van der Waals surface area contributed by atoms with Crippen LogP contribution in [0, 0.1) is 0 Å². The first-order valence-corrected chi connectivity index (χ1v) is 4.75. The Hall–Kier alpha value is -1.13. The topological polar surface area (TPSA) is 49.3 Å². The van der Waals surface area contributed by atoms with Gasteiger partial charge < -0.3 is 10.4 Å². The number of aromatic carboxylic acids is 1. The molecule has 0 fully saturated rings. The summed E-state index contributed by atoms with van der Waals surface area (Å²) < 4.78 is 0. The monoisotopic (exact) mass is 197 g/mol. The summed E-state index contributed by atoms with van der Waals surface area (Å²) in [5.74, 6) is -0.856. The minimum atomic E-state index is -0.856. The Morgan fingerprint density at radius 3 is 3.15 bits per heavy atom. The van der Waals surface area contributed by atoms with Crippen molar-refractivity contribution in [2.45, 2.75) is 6.54 Å². The molecule has 1 aromatic rings. The van der Waals surface area contributed by atoms with Crippen LogP contribution < -0.4 is 5.32 Å². The van der Waals surface area contributed by atoms with Crippen molar-refractivity contribution in [3.8, 4) is 0 Å². The van der Waals surface area contributed by atoms with Gasteiger partial charge in [0.15, 0.2) is 0 Å². The predicted molar refractivity (Wildman–Crippen MR) is 53.2 cm³/mol. The van der Waals surface area contributed by atoms with Crippen molar-refractivity contribution in [3.63, 3.8) is 0 Å². The van der Waals surface area contributed by atoms with Crippen LogP contribution in [0.1, 0.15) is 15.2 Å². The van der Waals surface area contributed by atoms with Gasteiger partial charge in [0, 0.05) is 13.1 Å². The first kappa shape index (κ1) is 9.95. The molecule has 0 aliphatic rings. The van der Waals surface area contributed by atoms with E-state index in [0.717, 1.165) is 5.56 Å². The van der Waals surface area contributed by atoms with Gasteiger partial charge in [0.05, 0.1) is 0 Å². The third kappa shape index (κ3) is 2.68. The van der Waals surface area contributed by atoms with Gasteiger partial charge in [-0.2, -0.15) is 0 Å². The Balaban J connectivity index is 2.60. The molecule has 0 aliphatic heterocycles. The first-order chi connectivity index (χ1) is 6.25. The highest BCUT2D eigenvalue weighted by molar-refractivity contribution is 7.12. The lowest BCUT2D eigenvalue weighted by atomic mass is 10.2. The van der Waals surface area contributed by atoms with Crippen LogP contribution in [0.2, 0.25) is 0 Å². The van der Waals surface area contributed by atoms with Gasteiger partial charge in [0.1, 0.15) is 4.88 Å². The van der Waals surface area contributed by atoms with E-state index < -0.39 is 5.97 Å². The summed E-state index contributed by atoms with van der Waals surface area (Å²) in [4.78, 5) is 11.1. The summed E-state index contributed by atoms with van der Waals surface area (Å²) in [5, 5.41) is 13.6. The molecule has 0 saturated carbocycles. The number of carbonyl (C=O) groups is 1. The molecule has 2 N–H and O–H groups in total. The molecule has 1 rings (SSSR count). The quantitative estimate of drug-likeness (QED) is 0.558. The summed E-state index contributed by atoms with van der Waals surface area (Å²) in [7, 11) is 0. The molecule has 0 bridgehead atoms. The van der Waals surface area contributed by atoms with Crippen LogP contribution in [-0.4, -0.2) is 17.6 Å².